The van der Waals surface area contributed by atoms with E-state index in [1.54, 1.807) is 36.4 Å². The molecule has 7 aromatic carbocycles. The molecule has 0 N–H and O–H groups in total. The second-order valence-electron chi connectivity index (χ2n) is 10.9. The average Bonchev–Trinajstić information content (AvgIpc) is 3.61. The van der Waals surface area contributed by atoms with Crippen LogP contribution in [0.2, 0.25) is 0 Å². The molecule has 0 saturated heterocycles. The molecule has 0 spiro atoms. The van der Waals surface area contributed by atoms with Crippen LogP contribution in [0.4, 0.5) is 0 Å². The molecule has 0 unspecified atom stereocenters. The van der Waals surface area contributed by atoms with Gasteiger partial charge in [-0.05, 0) is 51.2 Å². The molecular formula is C43H27N3O. The molecule has 0 bridgehead atoms. The van der Waals surface area contributed by atoms with E-state index in [1.165, 1.54) is 0 Å². The fourth-order valence-corrected chi connectivity index (χ4v) is 5.89. The fraction of sp³-hybridized carbons (Fsp3) is 0. The third-order valence-corrected chi connectivity index (χ3v) is 8.10. The van der Waals surface area contributed by atoms with Gasteiger partial charge in [-0.3, -0.25) is 0 Å². The topological polar surface area (TPSA) is 51.8 Å². The molecule has 4 heteroatoms. The average molecular weight is 611 g/mol. The van der Waals surface area contributed by atoms with Crippen LogP contribution >= 0.6 is 0 Å². The summed E-state index contributed by atoms with van der Waals surface area (Å²) in [6.07, 6.45) is 0. The van der Waals surface area contributed by atoms with Crippen molar-refractivity contribution in [2.24, 2.45) is 0 Å². The van der Waals surface area contributed by atoms with Gasteiger partial charge in [0.2, 0.25) is 0 Å². The van der Waals surface area contributed by atoms with Crippen molar-refractivity contribution in [2.75, 3.05) is 0 Å². The van der Waals surface area contributed by atoms with Crippen molar-refractivity contribution < 1.29 is 16.8 Å². The first kappa shape index (κ1) is 19.2. The highest BCUT2D eigenvalue weighted by Crippen LogP contribution is 2.37. The molecular weight excluding hydrogens is 574 g/mol. The Labute approximate surface area is 284 Å². The Kier molecular flexibility index (Phi) is 4.57. The van der Waals surface area contributed by atoms with Crippen molar-refractivity contribution in [3.05, 3.63) is 164 Å². The molecule has 0 amide bonds. The van der Waals surface area contributed by atoms with Crippen molar-refractivity contribution in [3.63, 3.8) is 0 Å². The van der Waals surface area contributed by atoms with Crippen LogP contribution in [0.3, 0.4) is 0 Å². The first-order valence-electron chi connectivity index (χ1n) is 19.5. The normalized spacial score (nSPS) is 14.1. The molecule has 0 aliphatic carbocycles. The highest BCUT2D eigenvalue weighted by atomic mass is 16.3. The number of benzene rings is 7. The van der Waals surface area contributed by atoms with Gasteiger partial charge in [-0.15, -0.1) is 0 Å². The zero-order valence-electron chi connectivity index (χ0n) is 33.6. The number of hydrogen-bond donors (Lipinski definition) is 0. The van der Waals surface area contributed by atoms with Gasteiger partial charge in [0.1, 0.15) is 11.2 Å². The summed E-state index contributed by atoms with van der Waals surface area (Å²) in [6.45, 7) is 0. The van der Waals surface area contributed by atoms with E-state index in [4.69, 9.17) is 26.2 Å². The Morgan fingerprint density at radius 1 is 0.426 bits per heavy atom. The SMILES string of the molecule is [2H]c1c([2H])c([2H])c(-c2ccc3c(-c4nc(-c5ccccc5)nc(-c5c([2H])c([2H])c(-c6cccc7oc8ccccc8c67)c([2H])c5[2H])n4)cccc3c2)c([2H])c1[2H]. The monoisotopic (exact) mass is 610 g/mol. The molecule has 2 heterocycles. The number of para-hydroxylation sites is 1. The van der Waals surface area contributed by atoms with Crippen LogP contribution in [0, 0.1) is 0 Å². The van der Waals surface area contributed by atoms with Gasteiger partial charge in [-0.1, -0.05) is 145 Å². The molecule has 0 radical (unpaired) electrons. The van der Waals surface area contributed by atoms with Gasteiger partial charge < -0.3 is 4.42 Å². The number of furan rings is 1. The first-order valence-corrected chi connectivity index (χ1v) is 15.0. The standard InChI is InChI=1S/C43H27N3O/c1-3-11-28(12-4-1)32-25-26-34-33(27-32)15-9-18-36(34)43-45-41(30-13-5-2-6-14-30)44-42(46-43)31-23-21-29(22-24-31)35-17-10-20-39-40(35)37-16-7-8-19-38(37)47-39/h1-27H/i1D,3D,4D,11D,12D,21D,22D,23D,24D. The van der Waals surface area contributed by atoms with Crippen molar-refractivity contribution in [2.45, 2.75) is 0 Å². The van der Waals surface area contributed by atoms with Crippen molar-refractivity contribution in [3.8, 4) is 56.4 Å². The number of rotatable bonds is 5. The molecule has 47 heavy (non-hydrogen) atoms. The Hall–Kier alpha value is -6.39. The van der Waals surface area contributed by atoms with Crippen LogP contribution < -0.4 is 0 Å². The van der Waals surface area contributed by atoms with Crippen molar-refractivity contribution >= 4 is 32.7 Å². The largest absolute Gasteiger partial charge is 0.456 e. The molecule has 2 aromatic heterocycles. The van der Waals surface area contributed by atoms with E-state index < -0.39 is 18.1 Å². The first-order chi connectivity index (χ1) is 27.0. The quantitative estimate of drug-likeness (QED) is 0.195. The lowest BCUT2D eigenvalue weighted by molar-refractivity contribution is 0.669. The maximum atomic E-state index is 9.28. The number of fused-ring (bicyclic) bond motifs is 4. The lowest BCUT2D eigenvalue weighted by Crippen LogP contribution is -2.00. The Balaban J connectivity index is 1.24. The van der Waals surface area contributed by atoms with Gasteiger partial charge in [0.05, 0.1) is 12.3 Å². The van der Waals surface area contributed by atoms with E-state index in [0.717, 1.165) is 5.39 Å². The number of nitrogens with zero attached hydrogens (tertiary/aromatic N) is 3. The second-order valence-corrected chi connectivity index (χ2v) is 10.9. The maximum Gasteiger partial charge on any atom is 0.164 e. The minimum Gasteiger partial charge on any atom is -0.456 e. The van der Waals surface area contributed by atoms with E-state index in [9.17, 15) is 5.48 Å². The van der Waals surface area contributed by atoms with E-state index in [2.05, 4.69) is 0 Å². The molecule has 4 nitrogen and oxygen atoms in total. The van der Waals surface area contributed by atoms with Gasteiger partial charge in [-0.25, -0.2) is 15.0 Å². The highest BCUT2D eigenvalue weighted by Gasteiger charge is 2.16. The summed E-state index contributed by atoms with van der Waals surface area (Å²) in [4.78, 5) is 14.4. The molecule has 9 aromatic rings. The van der Waals surface area contributed by atoms with Crippen molar-refractivity contribution in [1.82, 2.24) is 15.0 Å². The summed E-state index contributed by atoms with van der Waals surface area (Å²) in [6, 6.07) is 29.6. The van der Waals surface area contributed by atoms with Gasteiger partial charge in [0.25, 0.3) is 0 Å². The van der Waals surface area contributed by atoms with Gasteiger partial charge in [-0.2, -0.15) is 0 Å². The van der Waals surface area contributed by atoms with Gasteiger partial charge in [0.15, 0.2) is 17.5 Å². The highest BCUT2D eigenvalue weighted by molar-refractivity contribution is 6.12. The molecule has 0 aliphatic heterocycles. The van der Waals surface area contributed by atoms with E-state index in [0.29, 0.717) is 49.6 Å². The van der Waals surface area contributed by atoms with Crippen LogP contribution in [-0.4, -0.2) is 15.0 Å². The second kappa shape index (κ2) is 11.2. The number of hydrogen-bond acceptors (Lipinski definition) is 4. The summed E-state index contributed by atoms with van der Waals surface area (Å²) in [5.74, 6) is 0.427. The van der Waals surface area contributed by atoms with Crippen LogP contribution in [0.25, 0.3) is 89.1 Å². The summed E-state index contributed by atoms with van der Waals surface area (Å²) in [7, 11) is 0. The fourth-order valence-electron chi connectivity index (χ4n) is 5.89. The lowest BCUT2D eigenvalue weighted by atomic mass is 9.98. The molecule has 0 saturated carbocycles. The molecule has 0 aliphatic rings. The summed E-state index contributed by atoms with van der Waals surface area (Å²) >= 11 is 0. The van der Waals surface area contributed by atoms with Crippen LogP contribution in [0.5, 0.6) is 0 Å². The maximum absolute atomic E-state index is 9.28. The summed E-state index contributed by atoms with van der Waals surface area (Å²) < 4.78 is 84.4. The van der Waals surface area contributed by atoms with E-state index in [1.807, 2.05) is 72.8 Å². The molecule has 220 valence electrons. The van der Waals surface area contributed by atoms with Crippen LogP contribution in [0.1, 0.15) is 12.3 Å². The minimum atomic E-state index is -0.466. The van der Waals surface area contributed by atoms with Crippen molar-refractivity contribution in [1.29, 1.82) is 0 Å². The van der Waals surface area contributed by atoms with E-state index in [-0.39, 0.29) is 70.4 Å². The van der Waals surface area contributed by atoms with Gasteiger partial charge in [0, 0.05) is 27.5 Å². The Morgan fingerprint density at radius 3 is 1.96 bits per heavy atom. The molecule has 9 rings (SSSR count). The third-order valence-electron chi connectivity index (χ3n) is 8.10. The summed E-state index contributed by atoms with van der Waals surface area (Å²) in [5, 5.41) is 2.86. The number of aromatic nitrogens is 3. The third kappa shape index (κ3) is 4.84. The lowest BCUT2D eigenvalue weighted by Gasteiger charge is -2.12. The zero-order valence-corrected chi connectivity index (χ0v) is 24.6. The van der Waals surface area contributed by atoms with Crippen LogP contribution in [0.15, 0.2) is 168 Å². The minimum absolute atomic E-state index is 0.0443. The summed E-state index contributed by atoms with van der Waals surface area (Å²) in [5.41, 5.74) is 3.50. The van der Waals surface area contributed by atoms with Crippen LogP contribution in [-0.2, 0) is 0 Å². The van der Waals surface area contributed by atoms with Gasteiger partial charge >= 0.3 is 0 Å². The van der Waals surface area contributed by atoms with E-state index >= 15 is 0 Å². The predicted octanol–water partition coefficient (Wildman–Crippen LogP) is 11.3. The molecule has 0 fully saturated rings. The Bertz CT molecular complexity index is 3040. The smallest absolute Gasteiger partial charge is 0.164 e. The molecule has 0 atom stereocenters. The zero-order chi connectivity index (χ0) is 39.0. The Morgan fingerprint density at radius 2 is 1.11 bits per heavy atom. The predicted molar refractivity (Wildman–Crippen MR) is 192 cm³/mol.